The molecule has 5 heteroatoms. The number of aliphatic hydroxyl groups is 2. The molecule has 0 aromatic carbocycles. The molecular weight excluding hydrogens is 246 g/mol. The van der Waals surface area contributed by atoms with Crippen molar-refractivity contribution in [3.8, 4) is 0 Å². The van der Waals surface area contributed by atoms with Gasteiger partial charge in [0.25, 0.3) is 0 Å². The molecule has 0 bridgehead atoms. The maximum Gasteiger partial charge on any atom is 0.0897 e. The summed E-state index contributed by atoms with van der Waals surface area (Å²) in [5, 5.41) is 22.0. The Morgan fingerprint density at radius 1 is 1.21 bits per heavy atom. The van der Waals surface area contributed by atoms with E-state index in [1.54, 1.807) is 0 Å². The van der Waals surface area contributed by atoms with Crippen LogP contribution >= 0.6 is 0 Å². The lowest BCUT2D eigenvalue weighted by Gasteiger charge is -2.31. The van der Waals surface area contributed by atoms with Gasteiger partial charge >= 0.3 is 0 Å². The predicted octanol–water partition coefficient (Wildman–Crippen LogP) is 0.541. The molecular formula is C14H29NO4. The molecule has 0 radical (unpaired) electrons. The molecule has 1 unspecified atom stereocenters. The molecule has 0 aromatic rings. The lowest BCUT2D eigenvalue weighted by atomic mass is 9.82. The highest BCUT2D eigenvalue weighted by molar-refractivity contribution is 4.80. The second-order valence-corrected chi connectivity index (χ2v) is 5.34. The molecule has 1 saturated carbocycles. The predicted molar refractivity (Wildman–Crippen MR) is 74.2 cm³/mol. The van der Waals surface area contributed by atoms with Gasteiger partial charge < -0.3 is 25.0 Å². The first-order valence-corrected chi connectivity index (χ1v) is 7.44. The average molecular weight is 275 g/mol. The van der Waals surface area contributed by atoms with Crippen molar-refractivity contribution in [2.45, 2.75) is 44.8 Å². The number of rotatable bonds is 12. The summed E-state index contributed by atoms with van der Waals surface area (Å²) >= 11 is 0. The van der Waals surface area contributed by atoms with Crippen molar-refractivity contribution in [3.05, 3.63) is 0 Å². The molecule has 3 N–H and O–H groups in total. The fraction of sp³-hybridized carbons (Fsp3) is 1.00. The Kier molecular flexibility index (Phi) is 9.38. The third kappa shape index (κ3) is 8.55. The van der Waals surface area contributed by atoms with E-state index in [1.807, 2.05) is 0 Å². The Labute approximate surface area is 116 Å². The standard InChI is InChI=1S/C14H29NO4/c1-2-3-4-18-5-6-19-11-14(17)10-15-9-12-7-13(16)8-12/h12-17H,2-11H2,1H3. The minimum Gasteiger partial charge on any atom is -0.393 e. The first kappa shape index (κ1) is 16.9. The van der Waals surface area contributed by atoms with E-state index < -0.39 is 6.10 Å². The summed E-state index contributed by atoms with van der Waals surface area (Å²) in [5.74, 6) is 0.565. The van der Waals surface area contributed by atoms with Crippen LogP contribution in [0.1, 0.15) is 32.6 Å². The van der Waals surface area contributed by atoms with E-state index in [4.69, 9.17) is 14.6 Å². The highest BCUT2D eigenvalue weighted by Crippen LogP contribution is 2.25. The molecule has 19 heavy (non-hydrogen) atoms. The Bertz CT molecular complexity index is 210. The van der Waals surface area contributed by atoms with Gasteiger partial charge in [-0.15, -0.1) is 0 Å². The third-order valence-corrected chi connectivity index (χ3v) is 3.35. The first-order chi connectivity index (χ1) is 9.22. The van der Waals surface area contributed by atoms with Crippen LogP contribution in [0.15, 0.2) is 0 Å². The Morgan fingerprint density at radius 3 is 2.63 bits per heavy atom. The monoisotopic (exact) mass is 275 g/mol. The zero-order valence-electron chi connectivity index (χ0n) is 12.0. The summed E-state index contributed by atoms with van der Waals surface area (Å²) in [6.45, 7) is 5.81. The molecule has 0 spiro atoms. The van der Waals surface area contributed by atoms with Crippen molar-refractivity contribution < 1.29 is 19.7 Å². The third-order valence-electron chi connectivity index (χ3n) is 3.35. The molecule has 1 aliphatic rings. The minimum atomic E-state index is -0.472. The van der Waals surface area contributed by atoms with E-state index in [0.29, 0.717) is 32.3 Å². The van der Waals surface area contributed by atoms with Crippen LogP contribution in [0.3, 0.4) is 0 Å². The highest BCUT2D eigenvalue weighted by atomic mass is 16.5. The maximum atomic E-state index is 9.67. The Balaban J connectivity index is 1.78. The van der Waals surface area contributed by atoms with Gasteiger partial charge in [-0.1, -0.05) is 13.3 Å². The fourth-order valence-corrected chi connectivity index (χ4v) is 2.07. The van der Waals surface area contributed by atoms with Crippen LogP contribution in [-0.2, 0) is 9.47 Å². The van der Waals surface area contributed by atoms with Gasteiger partial charge in [0, 0.05) is 13.2 Å². The van der Waals surface area contributed by atoms with Crippen molar-refractivity contribution in [3.63, 3.8) is 0 Å². The van der Waals surface area contributed by atoms with Gasteiger partial charge in [-0.3, -0.25) is 0 Å². The largest absolute Gasteiger partial charge is 0.393 e. The second kappa shape index (κ2) is 10.6. The SMILES string of the molecule is CCCCOCCOCC(O)CNCC1CC(O)C1. The van der Waals surface area contributed by atoms with Gasteiger partial charge in [-0.05, 0) is 31.7 Å². The molecule has 0 amide bonds. The van der Waals surface area contributed by atoms with Crippen molar-refractivity contribution in [2.24, 2.45) is 5.92 Å². The lowest BCUT2D eigenvalue weighted by Crippen LogP contribution is -2.39. The highest BCUT2D eigenvalue weighted by Gasteiger charge is 2.26. The van der Waals surface area contributed by atoms with E-state index in [9.17, 15) is 5.11 Å². The van der Waals surface area contributed by atoms with Gasteiger partial charge in [-0.25, -0.2) is 0 Å². The van der Waals surface area contributed by atoms with Gasteiger partial charge in [0.2, 0.25) is 0 Å². The van der Waals surface area contributed by atoms with Gasteiger partial charge in [0.15, 0.2) is 0 Å². The van der Waals surface area contributed by atoms with E-state index >= 15 is 0 Å². The molecule has 0 aromatic heterocycles. The number of ether oxygens (including phenoxy) is 2. The Morgan fingerprint density at radius 2 is 1.95 bits per heavy atom. The van der Waals surface area contributed by atoms with Crippen molar-refractivity contribution >= 4 is 0 Å². The summed E-state index contributed by atoms with van der Waals surface area (Å²) in [7, 11) is 0. The van der Waals surface area contributed by atoms with Crippen molar-refractivity contribution in [2.75, 3.05) is 39.5 Å². The summed E-state index contributed by atoms with van der Waals surface area (Å²) in [6.07, 6.45) is 3.42. The van der Waals surface area contributed by atoms with Crippen LogP contribution in [0, 0.1) is 5.92 Å². The smallest absolute Gasteiger partial charge is 0.0897 e. The number of nitrogens with one attached hydrogen (secondary N) is 1. The number of unbranched alkanes of at least 4 members (excludes halogenated alkanes) is 1. The molecule has 1 rings (SSSR count). The minimum absolute atomic E-state index is 0.104. The van der Waals surface area contributed by atoms with Crippen molar-refractivity contribution in [1.29, 1.82) is 0 Å². The zero-order chi connectivity index (χ0) is 13.9. The lowest BCUT2D eigenvalue weighted by molar-refractivity contribution is 0.00188. The van der Waals surface area contributed by atoms with E-state index in [-0.39, 0.29) is 6.10 Å². The first-order valence-electron chi connectivity index (χ1n) is 7.44. The van der Waals surface area contributed by atoms with Crippen LogP contribution in [0.25, 0.3) is 0 Å². The van der Waals surface area contributed by atoms with Gasteiger partial charge in [0.1, 0.15) is 0 Å². The molecule has 114 valence electrons. The van der Waals surface area contributed by atoms with E-state index in [0.717, 1.165) is 38.8 Å². The van der Waals surface area contributed by atoms with Crippen LogP contribution in [-0.4, -0.2) is 61.9 Å². The summed E-state index contributed by atoms with van der Waals surface area (Å²) in [5.41, 5.74) is 0. The Hall–Kier alpha value is -0.200. The van der Waals surface area contributed by atoms with E-state index in [1.165, 1.54) is 0 Å². The molecule has 0 saturated heterocycles. The average Bonchev–Trinajstić information content (AvgIpc) is 2.35. The van der Waals surface area contributed by atoms with Crippen molar-refractivity contribution in [1.82, 2.24) is 5.32 Å². The number of hydrogen-bond acceptors (Lipinski definition) is 5. The number of hydrogen-bond donors (Lipinski definition) is 3. The summed E-state index contributed by atoms with van der Waals surface area (Å²) in [6, 6.07) is 0. The van der Waals surface area contributed by atoms with Crippen LogP contribution in [0.5, 0.6) is 0 Å². The topological polar surface area (TPSA) is 71.0 Å². The molecule has 0 heterocycles. The second-order valence-electron chi connectivity index (χ2n) is 5.34. The molecule has 1 fully saturated rings. The quantitative estimate of drug-likeness (QED) is 0.454. The summed E-state index contributed by atoms with van der Waals surface area (Å²) in [4.78, 5) is 0. The molecule has 0 aliphatic heterocycles. The van der Waals surface area contributed by atoms with E-state index in [2.05, 4.69) is 12.2 Å². The zero-order valence-corrected chi connectivity index (χ0v) is 12.0. The fourth-order valence-electron chi connectivity index (χ4n) is 2.07. The van der Waals surface area contributed by atoms with Gasteiger partial charge in [-0.2, -0.15) is 0 Å². The molecule has 1 atom stereocenters. The van der Waals surface area contributed by atoms with Crippen LogP contribution in [0.4, 0.5) is 0 Å². The molecule has 5 nitrogen and oxygen atoms in total. The number of aliphatic hydroxyl groups excluding tert-OH is 2. The molecule has 1 aliphatic carbocycles. The summed E-state index contributed by atoms with van der Waals surface area (Å²) < 4.78 is 10.7. The normalized spacial score (nSPS) is 24.2. The van der Waals surface area contributed by atoms with Crippen LogP contribution < -0.4 is 5.32 Å². The maximum absolute atomic E-state index is 9.67. The van der Waals surface area contributed by atoms with Gasteiger partial charge in [0.05, 0.1) is 32.0 Å². The van der Waals surface area contributed by atoms with Crippen LogP contribution in [0.2, 0.25) is 0 Å².